The summed E-state index contributed by atoms with van der Waals surface area (Å²) in [7, 11) is 0. The summed E-state index contributed by atoms with van der Waals surface area (Å²) < 4.78 is 13.2. The highest BCUT2D eigenvalue weighted by atomic mass is 32.2. The van der Waals surface area contributed by atoms with Crippen LogP contribution in [0, 0.1) is 12.7 Å². The average Bonchev–Trinajstić information content (AvgIpc) is 2.84. The van der Waals surface area contributed by atoms with Crippen LogP contribution < -0.4 is 5.32 Å². The van der Waals surface area contributed by atoms with Gasteiger partial charge in [0.1, 0.15) is 11.9 Å². The van der Waals surface area contributed by atoms with Crippen molar-refractivity contribution in [1.29, 1.82) is 0 Å². The quantitative estimate of drug-likeness (QED) is 0.415. The van der Waals surface area contributed by atoms with Crippen molar-refractivity contribution in [1.82, 2.24) is 10.2 Å². The zero-order chi connectivity index (χ0) is 24.3. The number of aryl methyl sites for hydroxylation is 1. The maximum absolute atomic E-state index is 13.5. The highest BCUT2D eigenvalue weighted by Gasteiger charge is 2.30. The molecule has 0 spiro atoms. The molecule has 34 heavy (non-hydrogen) atoms. The van der Waals surface area contributed by atoms with Crippen LogP contribution in [0.25, 0.3) is 0 Å². The minimum atomic E-state index is -0.623. The van der Waals surface area contributed by atoms with Crippen LogP contribution in [0.15, 0.2) is 78.9 Å². The molecule has 2 amide bonds. The first-order valence-electron chi connectivity index (χ1n) is 11.4. The summed E-state index contributed by atoms with van der Waals surface area (Å²) >= 11 is 1.47. The summed E-state index contributed by atoms with van der Waals surface area (Å²) in [6.45, 7) is 4.74. The summed E-state index contributed by atoms with van der Waals surface area (Å²) in [4.78, 5) is 28.3. The molecule has 0 saturated heterocycles. The Morgan fingerprint density at radius 1 is 0.912 bits per heavy atom. The normalized spacial score (nSPS) is 11.6. The molecule has 1 N–H and O–H groups in total. The third-order valence-electron chi connectivity index (χ3n) is 5.50. The van der Waals surface area contributed by atoms with E-state index < -0.39 is 6.04 Å². The molecule has 3 aromatic carbocycles. The molecule has 1 atom stereocenters. The maximum Gasteiger partial charge on any atom is 0.243 e. The zero-order valence-electron chi connectivity index (χ0n) is 19.7. The van der Waals surface area contributed by atoms with Gasteiger partial charge in [-0.25, -0.2) is 4.39 Å². The second-order valence-corrected chi connectivity index (χ2v) is 9.21. The third-order valence-corrected chi connectivity index (χ3v) is 6.49. The molecular weight excluding hydrogens is 447 g/mol. The maximum atomic E-state index is 13.5. The van der Waals surface area contributed by atoms with Crippen LogP contribution in [0.5, 0.6) is 0 Å². The molecule has 0 aromatic heterocycles. The Hall–Kier alpha value is -3.12. The van der Waals surface area contributed by atoms with Crippen molar-refractivity contribution in [3.8, 4) is 0 Å². The van der Waals surface area contributed by atoms with E-state index in [4.69, 9.17) is 0 Å². The van der Waals surface area contributed by atoms with Gasteiger partial charge in [-0.15, -0.1) is 11.8 Å². The fourth-order valence-corrected chi connectivity index (χ4v) is 4.53. The number of hydrogen-bond acceptors (Lipinski definition) is 3. The number of nitrogens with zero attached hydrogens (tertiary/aromatic N) is 1. The van der Waals surface area contributed by atoms with E-state index in [0.717, 1.165) is 22.3 Å². The zero-order valence-corrected chi connectivity index (χ0v) is 20.5. The van der Waals surface area contributed by atoms with Gasteiger partial charge >= 0.3 is 0 Å². The van der Waals surface area contributed by atoms with Crippen LogP contribution in [-0.2, 0) is 28.3 Å². The molecule has 0 saturated carbocycles. The molecule has 178 valence electrons. The number of nitrogens with one attached hydrogen (secondary N) is 1. The van der Waals surface area contributed by atoms with Crippen molar-refractivity contribution in [2.75, 3.05) is 12.3 Å². The van der Waals surface area contributed by atoms with Crippen LogP contribution in [0.4, 0.5) is 4.39 Å². The van der Waals surface area contributed by atoms with Gasteiger partial charge in [0.25, 0.3) is 0 Å². The van der Waals surface area contributed by atoms with Crippen molar-refractivity contribution < 1.29 is 14.0 Å². The van der Waals surface area contributed by atoms with Gasteiger partial charge in [0, 0.05) is 25.3 Å². The van der Waals surface area contributed by atoms with Gasteiger partial charge in [-0.3, -0.25) is 9.59 Å². The highest BCUT2D eigenvalue weighted by Crippen LogP contribution is 2.19. The van der Waals surface area contributed by atoms with Crippen LogP contribution in [0.2, 0.25) is 0 Å². The van der Waals surface area contributed by atoms with Crippen LogP contribution in [-0.4, -0.2) is 35.1 Å². The van der Waals surface area contributed by atoms with Crippen molar-refractivity contribution in [3.05, 3.63) is 107 Å². The number of amides is 2. The van der Waals surface area contributed by atoms with Crippen molar-refractivity contribution in [2.24, 2.45) is 0 Å². The van der Waals surface area contributed by atoms with Crippen LogP contribution in [0.1, 0.15) is 29.2 Å². The topological polar surface area (TPSA) is 49.4 Å². The number of thioether (sulfide) groups is 1. The summed E-state index contributed by atoms with van der Waals surface area (Å²) in [6, 6.07) is 23.5. The van der Waals surface area contributed by atoms with Crippen LogP contribution >= 0.6 is 11.8 Å². The second-order valence-electron chi connectivity index (χ2n) is 8.23. The lowest BCUT2D eigenvalue weighted by atomic mass is 10.0. The van der Waals surface area contributed by atoms with E-state index in [-0.39, 0.29) is 23.4 Å². The number of benzene rings is 3. The van der Waals surface area contributed by atoms with Gasteiger partial charge in [-0.1, -0.05) is 72.3 Å². The molecule has 0 aliphatic rings. The van der Waals surface area contributed by atoms with E-state index in [1.54, 1.807) is 17.0 Å². The van der Waals surface area contributed by atoms with Gasteiger partial charge < -0.3 is 10.2 Å². The highest BCUT2D eigenvalue weighted by molar-refractivity contribution is 7.99. The molecule has 3 rings (SSSR count). The SMILES string of the molecule is CCNC(=O)[C@@H](Cc1ccccc1)N(Cc1ccc(C)cc1)C(=O)CSCc1ccc(F)cc1. The lowest BCUT2D eigenvalue weighted by Gasteiger charge is -2.31. The number of likely N-dealkylation sites (N-methyl/N-ethyl adjacent to an activating group) is 1. The molecule has 0 bridgehead atoms. The van der Waals surface area contributed by atoms with Gasteiger partial charge in [0.15, 0.2) is 0 Å². The van der Waals surface area contributed by atoms with Crippen LogP contribution in [0.3, 0.4) is 0 Å². The predicted octanol–water partition coefficient (Wildman–Crippen LogP) is 5.14. The summed E-state index contributed by atoms with van der Waals surface area (Å²) in [5.41, 5.74) is 4.07. The minimum Gasteiger partial charge on any atom is -0.355 e. The van der Waals surface area contributed by atoms with Gasteiger partial charge in [0.2, 0.25) is 11.8 Å². The van der Waals surface area contributed by atoms with Gasteiger partial charge in [0.05, 0.1) is 5.75 Å². The van der Waals surface area contributed by atoms with Crippen molar-refractivity contribution in [3.63, 3.8) is 0 Å². The second kappa shape index (κ2) is 12.9. The van der Waals surface area contributed by atoms with E-state index in [0.29, 0.717) is 25.3 Å². The first-order chi connectivity index (χ1) is 16.5. The smallest absolute Gasteiger partial charge is 0.243 e. The molecular formula is C28H31FN2O2S. The number of carbonyl (C=O) groups excluding carboxylic acids is 2. The number of halogens is 1. The Balaban J connectivity index is 1.81. The van der Waals surface area contributed by atoms with E-state index in [1.165, 1.54) is 23.9 Å². The Kier molecular flexibility index (Phi) is 9.71. The largest absolute Gasteiger partial charge is 0.355 e. The molecule has 0 unspecified atom stereocenters. The van der Waals surface area contributed by atoms with Crippen molar-refractivity contribution >= 4 is 23.6 Å². The lowest BCUT2D eigenvalue weighted by molar-refractivity contribution is -0.139. The van der Waals surface area contributed by atoms with Gasteiger partial charge in [-0.2, -0.15) is 0 Å². The molecule has 0 heterocycles. The Bertz CT molecular complexity index is 1060. The third kappa shape index (κ3) is 7.73. The Morgan fingerprint density at radius 2 is 1.56 bits per heavy atom. The first-order valence-corrected chi connectivity index (χ1v) is 12.6. The molecule has 0 aliphatic heterocycles. The van der Waals surface area contributed by atoms with E-state index in [1.807, 2.05) is 68.4 Å². The lowest BCUT2D eigenvalue weighted by Crippen LogP contribution is -2.51. The number of carbonyl (C=O) groups is 2. The average molecular weight is 479 g/mol. The fourth-order valence-electron chi connectivity index (χ4n) is 3.66. The summed E-state index contributed by atoms with van der Waals surface area (Å²) in [5.74, 6) is 0.290. The summed E-state index contributed by atoms with van der Waals surface area (Å²) in [6.07, 6.45) is 0.437. The predicted molar refractivity (Wildman–Crippen MR) is 137 cm³/mol. The molecule has 0 radical (unpaired) electrons. The van der Waals surface area contributed by atoms with E-state index in [2.05, 4.69) is 5.32 Å². The molecule has 0 fully saturated rings. The van der Waals surface area contributed by atoms with Gasteiger partial charge in [-0.05, 0) is 42.7 Å². The number of hydrogen-bond donors (Lipinski definition) is 1. The Labute approximate surface area is 205 Å². The minimum absolute atomic E-state index is 0.0973. The molecule has 4 nitrogen and oxygen atoms in total. The van der Waals surface area contributed by atoms with E-state index >= 15 is 0 Å². The molecule has 0 aliphatic carbocycles. The Morgan fingerprint density at radius 3 is 2.21 bits per heavy atom. The fraction of sp³-hybridized carbons (Fsp3) is 0.286. The standard InChI is InChI=1S/C28H31FN2O2S/c1-3-30-28(33)26(17-22-7-5-4-6-8-22)31(18-23-11-9-21(2)10-12-23)27(32)20-34-19-24-13-15-25(29)16-14-24/h4-16,26H,3,17-20H2,1-2H3,(H,30,33)/t26-/m1/s1. The molecule has 3 aromatic rings. The molecule has 6 heteroatoms. The monoisotopic (exact) mass is 478 g/mol. The summed E-state index contributed by atoms with van der Waals surface area (Å²) in [5, 5.41) is 2.91. The first kappa shape index (κ1) is 25.5. The van der Waals surface area contributed by atoms with E-state index in [9.17, 15) is 14.0 Å². The number of rotatable bonds is 11. The van der Waals surface area contributed by atoms with Crippen molar-refractivity contribution in [2.45, 2.75) is 38.6 Å².